The van der Waals surface area contributed by atoms with Gasteiger partial charge < -0.3 is 14.9 Å². The van der Waals surface area contributed by atoms with E-state index >= 15 is 0 Å². The minimum Gasteiger partial charge on any atom is -0.497 e. The number of aliphatic carboxylic acids is 2. The van der Waals surface area contributed by atoms with Crippen molar-refractivity contribution in [2.75, 3.05) is 7.11 Å². The van der Waals surface area contributed by atoms with Gasteiger partial charge in [-0.15, -0.1) is 11.8 Å². The van der Waals surface area contributed by atoms with Crippen LogP contribution in [0.3, 0.4) is 0 Å². The van der Waals surface area contributed by atoms with Crippen molar-refractivity contribution < 1.29 is 24.5 Å². The fourth-order valence-corrected chi connectivity index (χ4v) is 2.28. The lowest BCUT2D eigenvalue weighted by molar-refractivity contribution is -0.142. The van der Waals surface area contributed by atoms with Crippen molar-refractivity contribution in [3.63, 3.8) is 0 Å². The van der Waals surface area contributed by atoms with Gasteiger partial charge in [0.05, 0.1) is 13.5 Å². The summed E-state index contributed by atoms with van der Waals surface area (Å²) in [5, 5.41) is 16.6. The van der Waals surface area contributed by atoms with E-state index in [0.717, 1.165) is 23.1 Å². The molecule has 2 N–H and O–H groups in total. The van der Waals surface area contributed by atoms with E-state index in [-0.39, 0.29) is 6.42 Å². The fraction of sp³-hybridized carbons (Fsp3) is 0.333. The van der Waals surface area contributed by atoms with Crippen LogP contribution in [0, 0.1) is 0 Å². The molecule has 0 spiro atoms. The molecule has 0 aliphatic carbocycles. The number of thioether (sulfide) groups is 1. The molecular weight excluding hydrogens is 256 g/mol. The van der Waals surface area contributed by atoms with Gasteiger partial charge >= 0.3 is 11.9 Å². The molecule has 5 nitrogen and oxygen atoms in total. The number of rotatable bonds is 7. The van der Waals surface area contributed by atoms with E-state index in [9.17, 15) is 9.59 Å². The lowest BCUT2D eigenvalue weighted by atomic mass is 10.2. The molecule has 0 bridgehead atoms. The molecule has 0 saturated heterocycles. The minimum absolute atomic E-state index is 0.379. The van der Waals surface area contributed by atoms with Crippen LogP contribution < -0.4 is 4.74 Å². The highest BCUT2D eigenvalue weighted by Gasteiger charge is 2.21. The lowest BCUT2D eigenvalue weighted by Gasteiger charge is -2.09. The number of ether oxygens (including phenoxy) is 1. The Bertz CT molecular complexity index is 415. The Balaban J connectivity index is 2.55. The molecule has 1 rings (SSSR count). The van der Waals surface area contributed by atoms with Crippen LogP contribution in [0.4, 0.5) is 0 Å². The molecule has 1 atom stereocenters. The Morgan fingerprint density at radius 3 is 2.33 bits per heavy atom. The van der Waals surface area contributed by atoms with Gasteiger partial charge in [0.15, 0.2) is 0 Å². The van der Waals surface area contributed by atoms with Crippen LogP contribution in [0.1, 0.15) is 12.0 Å². The maximum absolute atomic E-state index is 10.9. The van der Waals surface area contributed by atoms with Crippen LogP contribution in [0.2, 0.25) is 0 Å². The van der Waals surface area contributed by atoms with Gasteiger partial charge in [-0.2, -0.15) is 0 Å². The van der Waals surface area contributed by atoms with Crippen LogP contribution >= 0.6 is 11.8 Å². The van der Waals surface area contributed by atoms with E-state index in [1.807, 2.05) is 12.1 Å². The van der Waals surface area contributed by atoms with Crippen LogP contribution in [-0.2, 0) is 15.3 Å². The fourth-order valence-electron chi connectivity index (χ4n) is 1.29. The molecule has 0 fully saturated rings. The van der Waals surface area contributed by atoms with E-state index < -0.39 is 17.2 Å². The lowest BCUT2D eigenvalue weighted by Crippen LogP contribution is -2.20. The highest BCUT2D eigenvalue weighted by molar-refractivity contribution is 7.99. The molecule has 1 unspecified atom stereocenters. The zero-order valence-corrected chi connectivity index (χ0v) is 10.6. The topological polar surface area (TPSA) is 83.8 Å². The van der Waals surface area contributed by atoms with E-state index in [4.69, 9.17) is 14.9 Å². The zero-order valence-electron chi connectivity index (χ0n) is 9.83. The smallest absolute Gasteiger partial charge is 0.317 e. The first-order chi connectivity index (χ1) is 8.52. The molecule has 0 radical (unpaired) electrons. The summed E-state index contributed by atoms with van der Waals surface area (Å²) in [6.45, 7) is 0. The number of carbonyl (C=O) groups is 2. The van der Waals surface area contributed by atoms with Gasteiger partial charge in [-0.1, -0.05) is 12.1 Å². The predicted octanol–water partition coefficient (Wildman–Crippen LogP) is 1.86. The van der Waals surface area contributed by atoms with Crippen LogP contribution in [0.5, 0.6) is 5.75 Å². The predicted molar refractivity (Wildman–Crippen MR) is 68.0 cm³/mol. The standard InChI is InChI=1S/C12H14O5S/c1-17-9-4-2-8(3-5-9)7-18-10(12(15)16)6-11(13)14/h2-5,10H,6-7H2,1H3,(H,13,14)(H,15,16). The summed E-state index contributed by atoms with van der Waals surface area (Å²) in [4.78, 5) is 21.4. The Labute approximate surface area is 109 Å². The number of benzene rings is 1. The summed E-state index contributed by atoms with van der Waals surface area (Å²) in [6.07, 6.45) is -0.379. The Hall–Kier alpha value is -1.69. The molecule has 1 aromatic carbocycles. The number of methoxy groups -OCH3 is 1. The van der Waals surface area contributed by atoms with Crippen molar-refractivity contribution >= 4 is 23.7 Å². The van der Waals surface area contributed by atoms with Gasteiger partial charge in [0.2, 0.25) is 0 Å². The maximum atomic E-state index is 10.9. The minimum atomic E-state index is -1.11. The van der Waals surface area contributed by atoms with Gasteiger partial charge in [0.25, 0.3) is 0 Å². The zero-order chi connectivity index (χ0) is 13.5. The Morgan fingerprint density at radius 1 is 1.28 bits per heavy atom. The number of hydrogen-bond acceptors (Lipinski definition) is 4. The van der Waals surface area contributed by atoms with Crippen LogP contribution in [0.15, 0.2) is 24.3 Å². The molecule has 18 heavy (non-hydrogen) atoms. The monoisotopic (exact) mass is 270 g/mol. The van der Waals surface area contributed by atoms with Crippen molar-refractivity contribution in [1.82, 2.24) is 0 Å². The van der Waals surface area contributed by atoms with Gasteiger partial charge in [-0.05, 0) is 17.7 Å². The first kappa shape index (κ1) is 14.4. The van der Waals surface area contributed by atoms with Gasteiger partial charge in [0.1, 0.15) is 11.0 Å². The highest BCUT2D eigenvalue weighted by Crippen LogP contribution is 2.22. The molecule has 0 saturated carbocycles. The first-order valence-electron chi connectivity index (χ1n) is 5.22. The molecule has 0 aromatic heterocycles. The summed E-state index contributed by atoms with van der Waals surface area (Å²) >= 11 is 1.10. The van der Waals surface area contributed by atoms with E-state index in [0.29, 0.717) is 5.75 Å². The quantitative estimate of drug-likeness (QED) is 0.786. The maximum Gasteiger partial charge on any atom is 0.317 e. The highest BCUT2D eigenvalue weighted by atomic mass is 32.2. The average molecular weight is 270 g/mol. The number of carboxylic acids is 2. The normalized spacial score (nSPS) is 11.8. The van der Waals surface area contributed by atoms with Gasteiger partial charge in [-0.25, -0.2) is 0 Å². The SMILES string of the molecule is COc1ccc(CSC(CC(=O)O)C(=O)O)cc1. The van der Waals surface area contributed by atoms with Crippen molar-refractivity contribution in [3.05, 3.63) is 29.8 Å². The van der Waals surface area contributed by atoms with Crippen molar-refractivity contribution in [1.29, 1.82) is 0 Å². The largest absolute Gasteiger partial charge is 0.497 e. The number of hydrogen-bond donors (Lipinski definition) is 2. The third-order valence-corrected chi connectivity index (χ3v) is 3.52. The van der Waals surface area contributed by atoms with E-state index in [1.165, 1.54) is 0 Å². The molecule has 6 heteroatoms. The molecule has 98 valence electrons. The summed E-state index contributed by atoms with van der Waals surface area (Å²) < 4.78 is 5.01. The van der Waals surface area contributed by atoms with Gasteiger partial charge in [-0.3, -0.25) is 9.59 Å². The van der Waals surface area contributed by atoms with Crippen molar-refractivity contribution in [2.45, 2.75) is 17.4 Å². The molecular formula is C12H14O5S. The summed E-state index contributed by atoms with van der Waals surface area (Å²) in [6, 6.07) is 7.21. The molecule has 0 aliphatic rings. The molecule has 1 aromatic rings. The second kappa shape index (κ2) is 6.90. The van der Waals surface area contributed by atoms with E-state index in [2.05, 4.69) is 0 Å². The third-order valence-electron chi connectivity index (χ3n) is 2.25. The first-order valence-corrected chi connectivity index (χ1v) is 6.27. The average Bonchev–Trinajstić information content (AvgIpc) is 2.34. The van der Waals surface area contributed by atoms with Crippen LogP contribution in [-0.4, -0.2) is 34.5 Å². The Kier molecular flexibility index (Phi) is 5.51. The summed E-state index contributed by atoms with van der Waals surface area (Å²) in [5.41, 5.74) is 0.928. The second-order valence-electron chi connectivity index (χ2n) is 3.58. The molecule has 0 aliphatic heterocycles. The third kappa shape index (κ3) is 4.67. The summed E-state index contributed by atoms with van der Waals surface area (Å²) in [7, 11) is 1.57. The second-order valence-corrected chi connectivity index (χ2v) is 4.77. The van der Waals surface area contributed by atoms with Crippen molar-refractivity contribution in [3.8, 4) is 5.75 Å². The Morgan fingerprint density at radius 2 is 1.89 bits per heavy atom. The molecule has 0 heterocycles. The van der Waals surface area contributed by atoms with E-state index in [1.54, 1.807) is 19.2 Å². The molecule has 0 amide bonds. The number of carboxylic acid groups (broad SMARTS) is 2. The van der Waals surface area contributed by atoms with Crippen LogP contribution in [0.25, 0.3) is 0 Å². The summed E-state index contributed by atoms with van der Waals surface area (Å²) in [5.74, 6) is -1.03. The van der Waals surface area contributed by atoms with Crippen molar-refractivity contribution in [2.24, 2.45) is 0 Å². The van der Waals surface area contributed by atoms with Gasteiger partial charge in [0, 0.05) is 5.75 Å².